The number of rotatable bonds is 4. The summed E-state index contributed by atoms with van der Waals surface area (Å²) in [6.45, 7) is 11.2. The van der Waals surface area contributed by atoms with Gasteiger partial charge >= 0.3 is 0 Å². The van der Waals surface area contributed by atoms with Gasteiger partial charge in [0.15, 0.2) is 0 Å². The molecule has 0 saturated carbocycles. The summed E-state index contributed by atoms with van der Waals surface area (Å²) in [5.41, 5.74) is 0.300. The Kier molecular flexibility index (Phi) is 11.1. The number of aliphatic hydroxyl groups is 2. The molecule has 0 unspecified atom stereocenters. The van der Waals surface area contributed by atoms with Crippen molar-refractivity contribution < 1.29 is 10.2 Å². The van der Waals surface area contributed by atoms with Crippen LogP contribution in [0, 0.1) is 11.3 Å². The highest BCUT2D eigenvalue weighted by Crippen LogP contribution is 2.16. The summed E-state index contributed by atoms with van der Waals surface area (Å²) < 4.78 is 0. The highest BCUT2D eigenvalue weighted by molar-refractivity contribution is 4.58. The topological polar surface area (TPSA) is 40.5 Å². The van der Waals surface area contributed by atoms with Crippen LogP contribution in [0.1, 0.15) is 53.9 Å². The van der Waals surface area contributed by atoms with Crippen LogP contribution in [0.15, 0.2) is 0 Å². The van der Waals surface area contributed by atoms with Gasteiger partial charge in [0.05, 0.1) is 0 Å². The Morgan fingerprint density at radius 1 is 1.00 bits per heavy atom. The first-order chi connectivity index (χ1) is 6.41. The maximum atomic E-state index is 8.53. The van der Waals surface area contributed by atoms with Crippen LogP contribution in [0.3, 0.4) is 0 Å². The molecule has 0 fully saturated rings. The second kappa shape index (κ2) is 9.47. The van der Waals surface area contributed by atoms with Crippen molar-refractivity contribution in [2.75, 3.05) is 13.2 Å². The van der Waals surface area contributed by atoms with Gasteiger partial charge in [0.2, 0.25) is 0 Å². The Hall–Kier alpha value is -0.0800. The van der Waals surface area contributed by atoms with Crippen molar-refractivity contribution in [1.82, 2.24) is 0 Å². The van der Waals surface area contributed by atoms with Crippen LogP contribution in [0.5, 0.6) is 0 Å². The summed E-state index contributed by atoms with van der Waals surface area (Å²) in [7, 11) is 0. The Balaban J connectivity index is 0. The van der Waals surface area contributed by atoms with Gasteiger partial charge in [-0.2, -0.15) is 0 Å². The van der Waals surface area contributed by atoms with Gasteiger partial charge in [0.25, 0.3) is 0 Å². The second-order valence-electron chi connectivity index (χ2n) is 4.90. The summed E-state index contributed by atoms with van der Waals surface area (Å²) in [6, 6.07) is 0. The zero-order valence-electron chi connectivity index (χ0n) is 10.5. The first-order valence-electron chi connectivity index (χ1n) is 5.62. The maximum absolute atomic E-state index is 8.53. The fourth-order valence-electron chi connectivity index (χ4n) is 0.882. The molecule has 2 nitrogen and oxygen atoms in total. The van der Waals surface area contributed by atoms with Gasteiger partial charge in [-0.1, -0.05) is 47.5 Å². The van der Waals surface area contributed by atoms with E-state index in [9.17, 15) is 0 Å². The van der Waals surface area contributed by atoms with Crippen LogP contribution >= 0.6 is 0 Å². The van der Waals surface area contributed by atoms with Crippen molar-refractivity contribution in [3.05, 3.63) is 0 Å². The van der Waals surface area contributed by atoms with Crippen LogP contribution in [0.4, 0.5) is 0 Å². The van der Waals surface area contributed by atoms with Gasteiger partial charge in [-0.15, -0.1) is 0 Å². The average molecular weight is 204 g/mol. The summed E-state index contributed by atoms with van der Waals surface area (Å²) >= 11 is 0. The molecule has 0 aromatic rings. The standard InChI is InChI=1S/2C6H14O/c1-6(2,3)4-5-7;1-3-6(4-2)5-7/h7H,4-5H2,1-3H3;6-7H,3-5H2,1-2H3. The minimum absolute atomic E-state index is 0.300. The van der Waals surface area contributed by atoms with Gasteiger partial charge in [-0.05, 0) is 17.8 Å². The monoisotopic (exact) mass is 204 g/mol. The van der Waals surface area contributed by atoms with Crippen LogP contribution in [0.2, 0.25) is 0 Å². The van der Waals surface area contributed by atoms with E-state index in [0.29, 0.717) is 24.5 Å². The highest BCUT2D eigenvalue weighted by atomic mass is 16.3. The Labute approximate surface area is 89.3 Å². The first-order valence-corrected chi connectivity index (χ1v) is 5.62. The third-order valence-electron chi connectivity index (χ3n) is 2.27. The highest BCUT2D eigenvalue weighted by Gasteiger charge is 2.06. The van der Waals surface area contributed by atoms with Crippen molar-refractivity contribution in [3.63, 3.8) is 0 Å². The average Bonchev–Trinajstić information content (AvgIpc) is 2.06. The third kappa shape index (κ3) is 14.4. The Bertz CT molecular complexity index is 95.9. The molecule has 14 heavy (non-hydrogen) atoms. The largest absolute Gasteiger partial charge is 0.396 e. The van der Waals surface area contributed by atoms with Crippen molar-refractivity contribution in [3.8, 4) is 0 Å². The molecular weight excluding hydrogens is 176 g/mol. The molecule has 0 bridgehead atoms. The lowest BCUT2D eigenvalue weighted by atomic mass is 9.93. The SMILES string of the molecule is CC(C)(C)CCO.CCC(CC)CO. The van der Waals surface area contributed by atoms with E-state index < -0.39 is 0 Å². The molecule has 0 heterocycles. The molecule has 0 aliphatic carbocycles. The molecule has 2 N–H and O–H groups in total. The first kappa shape index (κ1) is 16.4. The third-order valence-corrected chi connectivity index (χ3v) is 2.27. The van der Waals surface area contributed by atoms with Crippen LogP contribution in [-0.2, 0) is 0 Å². The molecule has 0 rings (SSSR count). The molecule has 88 valence electrons. The van der Waals surface area contributed by atoms with Crippen molar-refractivity contribution in [1.29, 1.82) is 0 Å². The summed E-state index contributed by atoms with van der Waals surface area (Å²) in [5.74, 6) is 0.542. The molecule has 0 aliphatic rings. The van der Waals surface area contributed by atoms with E-state index in [2.05, 4.69) is 34.6 Å². The number of hydrogen-bond acceptors (Lipinski definition) is 2. The van der Waals surface area contributed by atoms with E-state index in [1.54, 1.807) is 0 Å². The van der Waals surface area contributed by atoms with Gasteiger partial charge in [0.1, 0.15) is 0 Å². The van der Waals surface area contributed by atoms with E-state index in [4.69, 9.17) is 10.2 Å². The number of hydrogen-bond donors (Lipinski definition) is 2. The minimum atomic E-state index is 0.300. The van der Waals surface area contributed by atoms with Gasteiger partial charge in [-0.25, -0.2) is 0 Å². The van der Waals surface area contributed by atoms with Crippen molar-refractivity contribution >= 4 is 0 Å². The van der Waals surface area contributed by atoms with Gasteiger partial charge in [0, 0.05) is 13.2 Å². The molecule has 0 radical (unpaired) electrons. The zero-order valence-corrected chi connectivity index (χ0v) is 10.5. The normalized spacial score (nSPS) is 11.1. The fraction of sp³-hybridized carbons (Fsp3) is 1.00. The lowest BCUT2D eigenvalue weighted by molar-refractivity contribution is 0.219. The van der Waals surface area contributed by atoms with E-state index in [0.717, 1.165) is 19.3 Å². The molecule has 0 aliphatic heterocycles. The molecule has 0 saturated heterocycles. The molecular formula is C12H28O2. The lowest BCUT2D eigenvalue weighted by Gasteiger charge is -2.14. The van der Waals surface area contributed by atoms with Crippen LogP contribution in [-0.4, -0.2) is 23.4 Å². The molecule has 0 aromatic carbocycles. The maximum Gasteiger partial charge on any atom is 0.0459 e. The molecule has 0 aromatic heterocycles. The second-order valence-corrected chi connectivity index (χ2v) is 4.90. The minimum Gasteiger partial charge on any atom is -0.396 e. The molecule has 0 atom stereocenters. The summed E-state index contributed by atoms with van der Waals surface area (Å²) in [4.78, 5) is 0. The number of aliphatic hydroxyl groups excluding tert-OH is 2. The molecule has 0 amide bonds. The van der Waals surface area contributed by atoms with E-state index in [1.165, 1.54) is 0 Å². The lowest BCUT2D eigenvalue weighted by Crippen LogP contribution is -2.06. The van der Waals surface area contributed by atoms with Crippen LogP contribution in [0.25, 0.3) is 0 Å². The molecule has 2 heteroatoms. The van der Waals surface area contributed by atoms with Gasteiger partial charge < -0.3 is 10.2 Å². The smallest absolute Gasteiger partial charge is 0.0459 e. The van der Waals surface area contributed by atoms with Crippen molar-refractivity contribution in [2.24, 2.45) is 11.3 Å². The van der Waals surface area contributed by atoms with Gasteiger partial charge in [-0.3, -0.25) is 0 Å². The predicted molar refractivity (Wildman–Crippen MR) is 62.3 cm³/mol. The Morgan fingerprint density at radius 2 is 1.43 bits per heavy atom. The summed E-state index contributed by atoms with van der Waals surface area (Å²) in [5, 5.41) is 16.9. The van der Waals surface area contributed by atoms with E-state index in [-0.39, 0.29) is 0 Å². The van der Waals surface area contributed by atoms with Crippen molar-refractivity contribution in [2.45, 2.75) is 53.9 Å². The summed E-state index contributed by atoms with van der Waals surface area (Å²) in [6.07, 6.45) is 3.10. The Morgan fingerprint density at radius 3 is 1.43 bits per heavy atom. The van der Waals surface area contributed by atoms with Crippen LogP contribution < -0.4 is 0 Å². The predicted octanol–water partition coefficient (Wildman–Crippen LogP) is 2.83. The fourth-order valence-corrected chi connectivity index (χ4v) is 0.882. The molecule has 0 spiro atoms. The quantitative estimate of drug-likeness (QED) is 0.739. The van der Waals surface area contributed by atoms with E-state index >= 15 is 0 Å². The van der Waals surface area contributed by atoms with E-state index in [1.807, 2.05) is 0 Å². The zero-order chi connectivity index (χ0) is 11.6.